The van der Waals surface area contributed by atoms with E-state index < -0.39 is 0 Å². The number of hydrogen-bond donors (Lipinski definition) is 1. The first kappa shape index (κ1) is 10.3. The van der Waals surface area contributed by atoms with E-state index in [-0.39, 0.29) is 6.04 Å². The van der Waals surface area contributed by atoms with Crippen LogP contribution in [0.4, 0.5) is 0 Å². The zero-order chi connectivity index (χ0) is 10.1. The first-order chi connectivity index (χ1) is 6.66. The van der Waals surface area contributed by atoms with Crippen molar-refractivity contribution >= 4 is 23.2 Å². The predicted molar refractivity (Wildman–Crippen MR) is 60.7 cm³/mol. The highest BCUT2D eigenvalue weighted by Crippen LogP contribution is 2.37. The molecule has 1 saturated carbocycles. The molecule has 1 fully saturated rings. The van der Waals surface area contributed by atoms with Gasteiger partial charge >= 0.3 is 0 Å². The Morgan fingerprint density at radius 1 is 1.14 bits per heavy atom. The van der Waals surface area contributed by atoms with E-state index in [1.165, 1.54) is 19.3 Å². The van der Waals surface area contributed by atoms with E-state index in [9.17, 15) is 0 Å². The van der Waals surface area contributed by atoms with Crippen LogP contribution in [-0.2, 0) is 0 Å². The molecule has 1 aromatic carbocycles. The molecule has 1 aromatic rings. The molecule has 0 aromatic heterocycles. The summed E-state index contributed by atoms with van der Waals surface area (Å²) >= 11 is 11.8. The van der Waals surface area contributed by atoms with Crippen LogP contribution in [0.5, 0.6) is 0 Å². The number of rotatable bonds is 2. The molecule has 0 amide bonds. The summed E-state index contributed by atoms with van der Waals surface area (Å²) in [6.07, 6.45) is 3.75. The molecule has 1 atom stereocenters. The van der Waals surface area contributed by atoms with Gasteiger partial charge in [-0.15, -0.1) is 0 Å². The maximum absolute atomic E-state index is 6.12. The fraction of sp³-hybridized carbons (Fsp3) is 0.455. The molecule has 0 heterocycles. The second-order valence-corrected chi connectivity index (χ2v) is 4.79. The Morgan fingerprint density at radius 2 is 1.71 bits per heavy atom. The van der Waals surface area contributed by atoms with Crippen molar-refractivity contribution in [2.75, 3.05) is 0 Å². The molecule has 0 bridgehead atoms. The lowest BCUT2D eigenvalue weighted by atomic mass is 9.78. The van der Waals surface area contributed by atoms with E-state index in [1.807, 2.05) is 12.1 Å². The van der Waals surface area contributed by atoms with E-state index in [4.69, 9.17) is 28.9 Å². The van der Waals surface area contributed by atoms with Gasteiger partial charge in [0, 0.05) is 16.1 Å². The van der Waals surface area contributed by atoms with Gasteiger partial charge in [0.25, 0.3) is 0 Å². The highest BCUT2D eigenvalue weighted by Gasteiger charge is 2.25. The van der Waals surface area contributed by atoms with Crippen LogP contribution in [0.15, 0.2) is 18.2 Å². The van der Waals surface area contributed by atoms with Crippen LogP contribution >= 0.6 is 23.2 Å². The highest BCUT2D eigenvalue weighted by molar-refractivity contribution is 6.34. The topological polar surface area (TPSA) is 26.0 Å². The van der Waals surface area contributed by atoms with Gasteiger partial charge in [-0.3, -0.25) is 0 Å². The Labute approximate surface area is 94.2 Å². The van der Waals surface area contributed by atoms with E-state index in [0.717, 1.165) is 5.56 Å². The van der Waals surface area contributed by atoms with Crippen LogP contribution in [0.25, 0.3) is 0 Å². The molecule has 0 spiro atoms. The fourth-order valence-corrected chi connectivity index (χ4v) is 2.38. The Morgan fingerprint density at radius 3 is 2.14 bits per heavy atom. The molecule has 0 radical (unpaired) electrons. The quantitative estimate of drug-likeness (QED) is 0.821. The molecule has 3 heteroatoms. The minimum Gasteiger partial charge on any atom is -0.324 e. The zero-order valence-electron chi connectivity index (χ0n) is 7.84. The van der Waals surface area contributed by atoms with Gasteiger partial charge in [0.1, 0.15) is 0 Å². The Hall–Kier alpha value is -0.240. The summed E-state index contributed by atoms with van der Waals surface area (Å²) < 4.78 is 0. The van der Waals surface area contributed by atoms with E-state index in [1.54, 1.807) is 6.07 Å². The maximum Gasteiger partial charge on any atom is 0.0424 e. The molecule has 2 N–H and O–H groups in total. The van der Waals surface area contributed by atoms with Crippen molar-refractivity contribution in [1.29, 1.82) is 0 Å². The Kier molecular flexibility index (Phi) is 3.01. The Bertz CT molecular complexity index is 314. The number of benzene rings is 1. The second-order valence-electron chi connectivity index (χ2n) is 3.92. The van der Waals surface area contributed by atoms with Gasteiger partial charge in [0.15, 0.2) is 0 Å². The molecule has 1 nitrogen and oxygen atoms in total. The van der Waals surface area contributed by atoms with Crippen molar-refractivity contribution in [1.82, 2.24) is 0 Å². The average Bonchev–Trinajstić information content (AvgIpc) is 1.98. The number of nitrogens with two attached hydrogens (primary N) is 1. The summed E-state index contributed by atoms with van der Waals surface area (Å²) in [5.74, 6) is 0.615. The molecule has 2 rings (SSSR count). The molecule has 14 heavy (non-hydrogen) atoms. The minimum atomic E-state index is 0.0972. The lowest BCUT2D eigenvalue weighted by Gasteiger charge is -2.31. The molecular weight excluding hydrogens is 217 g/mol. The third kappa shape index (κ3) is 2.05. The van der Waals surface area contributed by atoms with Gasteiger partial charge < -0.3 is 5.73 Å². The van der Waals surface area contributed by atoms with Crippen LogP contribution in [-0.4, -0.2) is 0 Å². The highest BCUT2D eigenvalue weighted by atomic mass is 35.5. The number of halogens is 2. The molecule has 0 saturated heterocycles. The summed E-state index contributed by atoms with van der Waals surface area (Å²) in [6, 6.07) is 5.66. The van der Waals surface area contributed by atoms with Crippen LogP contribution < -0.4 is 5.73 Å². The second kappa shape index (κ2) is 4.09. The fourth-order valence-electron chi connectivity index (χ4n) is 1.84. The minimum absolute atomic E-state index is 0.0972. The lowest BCUT2D eigenvalue weighted by molar-refractivity contribution is 0.264. The van der Waals surface area contributed by atoms with Crippen LogP contribution in [0, 0.1) is 5.92 Å². The SMILES string of the molecule is N[C@@H](c1cc(Cl)cc(Cl)c1)C1CCC1. The third-order valence-electron chi connectivity index (χ3n) is 2.93. The zero-order valence-corrected chi connectivity index (χ0v) is 9.35. The third-order valence-corrected chi connectivity index (χ3v) is 3.36. The van der Waals surface area contributed by atoms with Gasteiger partial charge in [-0.25, -0.2) is 0 Å². The summed E-state index contributed by atoms with van der Waals surface area (Å²) in [4.78, 5) is 0. The largest absolute Gasteiger partial charge is 0.324 e. The number of hydrogen-bond acceptors (Lipinski definition) is 1. The molecule has 0 aliphatic heterocycles. The molecular formula is C11H13Cl2N. The molecule has 1 aliphatic rings. The normalized spacial score (nSPS) is 19.1. The van der Waals surface area contributed by atoms with Crippen LogP contribution in [0.1, 0.15) is 30.9 Å². The van der Waals surface area contributed by atoms with Crippen LogP contribution in [0.3, 0.4) is 0 Å². The van der Waals surface area contributed by atoms with Gasteiger partial charge in [-0.2, -0.15) is 0 Å². The monoisotopic (exact) mass is 229 g/mol. The predicted octanol–water partition coefficient (Wildman–Crippen LogP) is 3.79. The van der Waals surface area contributed by atoms with Gasteiger partial charge in [-0.1, -0.05) is 29.6 Å². The van der Waals surface area contributed by atoms with Crippen molar-refractivity contribution in [3.63, 3.8) is 0 Å². The summed E-state index contributed by atoms with van der Waals surface area (Å²) in [5, 5.41) is 1.34. The van der Waals surface area contributed by atoms with Gasteiger partial charge in [0.05, 0.1) is 0 Å². The maximum atomic E-state index is 6.12. The smallest absolute Gasteiger partial charge is 0.0424 e. The van der Waals surface area contributed by atoms with Crippen molar-refractivity contribution in [3.8, 4) is 0 Å². The van der Waals surface area contributed by atoms with Gasteiger partial charge in [0.2, 0.25) is 0 Å². The first-order valence-corrected chi connectivity index (χ1v) is 5.64. The standard InChI is InChI=1S/C11H13Cl2N/c12-9-4-8(5-10(13)6-9)11(14)7-2-1-3-7/h4-7,11H,1-3,14H2/t11-/m1/s1. The van der Waals surface area contributed by atoms with Crippen molar-refractivity contribution in [2.24, 2.45) is 11.7 Å². The molecule has 76 valence electrons. The summed E-state index contributed by atoms with van der Waals surface area (Å²) in [5.41, 5.74) is 7.18. The van der Waals surface area contributed by atoms with Crippen molar-refractivity contribution in [3.05, 3.63) is 33.8 Å². The lowest BCUT2D eigenvalue weighted by Crippen LogP contribution is -2.26. The first-order valence-electron chi connectivity index (χ1n) is 4.88. The van der Waals surface area contributed by atoms with Gasteiger partial charge in [-0.05, 0) is 42.5 Å². The molecule has 0 unspecified atom stereocenters. The Balaban J connectivity index is 2.21. The van der Waals surface area contributed by atoms with Crippen molar-refractivity contribution in [2.45, 2.75) is 25.3 Å². The van der Waals surface area contributed by atoms with Crippen molar-refractivity contribution < 1.29 is 0 Å². The van der Waals surface area contributed by atoms with E-state index in [2.05, 4.69) is 0 Å². The van der Waals surface area contributed by atoms with E-state index >= 15 is 0 Å². The average molecular weight is 230 g/mol. The summed E-state index contributed by atoms with van der Waals surface area (Å²) in [7, 11) is 0. The molecule has 1 aliphatic carbocycles. The summed E-state index contributed by atoms with van der Waals surface area (Å²) in [6.45, 7) is 0. The van der Waals surface area contributed by atoms with Crippen LogP contribution in [0.2, 0.25) is 10.0 Å². The van der Waals surface area contributed by atoms with E-state index in [0.29, 0.717) is 16.0 Å².